The molecule has 0 bridgehead atoms. The maximum absolute atomic E-state index is 12.2. The minimum absolute atomic E-state index is 0.105. The van der Waals surface area contributed by atoms with Crippen LogP contribution >= 0.6 is 11.6 Å². The minimum Gasteiger partial charge on any atom is -0.380 e. The van der Waals surface area contributed by atoms with Crippen LogP contribution < -0.4 is 10.6 Å². The van der Waals surface area contributed by atoms with Crippen LogP contribution in [0.4, 0.5) is 5.69 Å². The Hall–Kier alpha value is -2.12. The van der Waals surface area contributed by atoms with Gasteiger partial charge in [0.2, 0.25) is 0 Å². The molecule has 1 aromatic heterocycles. The Bertz CT molecular complexity index is 869. The molecule has 1 aromatic carbocycles. The lowest BCUT2D eigenvalue weighted by Crippen LogP contribution is -2.24. The van der Waals surface area contributed by atoms with Crippen LogP contribution in [0, 0.1) is 0 Å². The molecule has 2 N–H and O–H groups in total. The Labute approximate surface area is 151 Å². The molecule has 1 amide bonds. The topological polar surface area (TPSA) is 88.2 Å². The summed E-state index contributed by atoms with van der Waals surface area (Å²) in [7, 11) is -2.93. The standard InChI is InChI=1S/C17H18ClN3O3S/c18-15-4-2-1-3-12(15)9-20-17(22)16-6-5-13(10-19-16)21-14-7-8-25(23,24)11-14/h1-6,10,14,21H,7-9,11H2,(H,20,22). The zero-order valence-electron chi connectivity index (χ0n) is 13.4. The normalized spacial score (nSPS) is 18.7. The van der Waals surface area contributed by atoms with Gasteiger partial charge in [-0.3, -0.25) is 4.79 Å². The zero-order valence-corrected chi connectivity index (χ0v) is 15.0. The molecular formula is C17H18ClN3O3S. The van der Waals surface area contributed by atoms with Crippen LogP contribution in [-0.2, 0) is 16.4 Å². The Morgan fingerprint density at radius 3 is 2.68 bits per heavy atom. The molecule has 3 rings (SSSR count). The summed E-state index contributed by atoms with van der Waals surface area (Å²) in [6.45, 7) is 0.320. The lowest BCUT2D eigenvalue weighted by molar-refractivity contribution is 0.0946. The first-order valence-corrected chi connectivity index (χ1v) is 10.1. The van der Waals surface area contributed by atoms with Gasteiger partial charge < -0.3 is 10.6 Å². The number of sulfone groups is 1. The Morgan fingerprint density at radius 2 is 2.04 bits per heavy atom. The molecule has 25 heavy (non-hydrogen) atoms. The second-order valence-electron chi connectivity index (χ2n) is 5.95. The maximum atomic E-state index is 12.2. The van der Waals surface area contributed by atoms with E-state index in [-0.39, 0.29) is 29.1 Å². The first-order valence-electron chi connectivity index (χ1n) is 7.87. The summed E-state index contributed by atoms with van der Waals surface area (Å²) in [4.78, 5) is 16.3. The molecule has 1 aliphatic rings. The predicted molar refractivity (Wildman–Crippen MR) is 97.5 cm³/mol. The van der Waals surface area contributed by atoms with Gasteiger partial charge in [-0.05, 0) is 30.2 Å². The monoisotopic (exact) mass is 379 g/mol. The van der Waals surface area contributed by atoms with Gasteiger partial charge in [0.05, 0.1) is 23.4 Å². The lowest BCUT2D eigenvalue weighted by atomic mass is 10.2. The first-order chi connectivity index (χ1) is 11.9. The van der Waals surface area contributed by atoms with Crippen LogP contribution in [0.3, 0.4) is 0 Å². The number of carbonyl (C=O) groups excluding carboxylic acids is 1. The number of hydrogen-bond donors (Lipinski definition) is 2. The molecule has 0 aliphatic carbocycles. The van der Waals surface area contributed by atoms with Crippen molar-refractivity contribution in [3.8, 4) is 0 Å². The second kappa shape index (κ2) is 7.41. The van der Waals surface area contributed by atoms with E-state index in [1.807, 2.05) is 18.2 Å². The van der Waals surface area contributed by atoms with E-state index in [4.69, 9.17) is 11.6 Å². The van der Waals surface area contributed by atoms with E-state index in [1.165, 1.54) is 6.20 Å². The number of aromatic nitrogens is 1. The molecule has 0 saturated carbocycles. The van der Waals surface area contributed by atoms with Crippen molar-refractivity contribution in [3.05, 3.63) is 58.9 Å². The largest absolute Gasteiger partial charge is 0.380 e. The fraction of sp³-hybridized carbons (Fsp3) is 0.294. The number of hydrogen-bond acceptors (Lipinski definition) is 5. The first kappa shape index (κ1) is 17.7. The van der Waals surface area contributed by atoms with Gasteiger partial charge in [0.1, 0.15) is 5.69 Å². The number of nitrogens with zero attached hydrogens (tertiary/aromatic N) is 1. The molecule has 1 saturated heterocycles. The van der Waals surface area contributed by atoms with Gasteiger partial charge in [0.25, 0.3) is 5.91 Å². The van der Waals surface area contributed by atoms with Crippen LogP contribution in [0.1, 0.15) is 22.5 Å². The predicted octanol–water partition coefficient (Wildman–Crippen LogP) is 2.26. The van der Waals surface area contributed by atoms with E-state index >= 15 is 0 Å². The molecule has 2 aromatic rings. The van der Waals surface area contributed by atoms with Crippen molar-refractivity contribution in [1.29, 1.82) is 0 Å². The van der Waals surface area contributed by atoms with Gasteiger partial charge in [-0.15, -0.1) is 0 Å². The molecule has 1 unspecified atom stereocenters. The molecule has 0 radical (unpaired) electrons. The van der Waals surface area contributed by atoms with Crippen molar-refractivity contribution in [1.82, 2.24) is 10.3 Å². The van der Waals surface area contributed by atoms with E-state index in [1.54, 1.807) is 18.2 Å². The third kappa shape index (κ3) is 4.70. The molecule has 8 heteroatoms. The molecular weight excluding hydrogens is 362 g/mol. The molecule has 132 valence electrons. The SMILES string of the molecule is O=C(NCc1ccccc1Cl)c1ccc(NC2CCS(=O)(=O)C2)cn1. The van der Waals surface area contributed by atoms with Crippen molar-refractivity contribution in [3.63, 3.8) is 0 Å². The van der Waals surface area contributed by atoms with Gasteiger partial charge in [0, 0.05) is 17.6 Å². The van der Waals surface area contributed by atoms with E-state index in [0.29, 0.717) is 23.7 Å². The number of rotatable bonds is 5. The summed E-state index contributed by atoms with van der Waals surface area (Å²) in [5.74, 6) is 0.0446. The fourth-order valence-corrected chi connectivity index (χ4v) is 4.54. The summed E-state index contributed by atoms with van der Waals surface area (Å²) in [6, 6.07) is 10.5. The van der Waals surface area contributed by atoms with Crippen molar-refractivity contribution in [2.75, 3.05) is 16.8 Å². The average molecular weight is 380 g/mol. The van der Waals surface area contributed by atoms with Crippen LogP contribution in [0.25, 0.3) is 0 Å². The third-order valence-corrected chi connectivity index (χ3v) is 6.13. The van der Waals surface area contributed by atoms with Gasteiger partial charge in [-0.2, -0.15) is 0 Å². The average Bonchev–Trinajstić information content (AvgIpc) is 2.93. The summed E-state index contributed by atoms with van der Waals surface area (Å²) < 4.78 is 22.9. The van der Waals surface area contributed by atoms with Gasteiger partial charge in [-0.25, -0.2) is 13.4 Å². The fourth-order valence-electron chi connectivity index (χ4n) is 2.67. The quantitative estimate of drug-likeness (QED) is 0.831. The highest BCUT2D eigenvalue weighted by Crippen LogP contribution is 2.17. The maximum Gasteiger partial charge on any atom is 0.270 e. The smallest absolute Gasteiger partial charge is 0.270 e. The highest BCUT2D eigenvalue weighted by molar-refractivity contribution is 7.91. The van der Waals surface area contributed by atoms with Gasteiger partial charge in [-0.1, -0.05) is 29.8 Å². The molecule has 1 aliphatic heterocycles. The minimum atomic E-state index is -2.93. The van der Waals surface area contributed by atoms with E-state index in [2.05, 4.69) is 15.6 Å². The number of nitrogens with one attached hydrogen (secondary N) is 2. The Morgan fingerprint density at radius 1 is 1.24 bits per heavy atom. The van der Waals surface area contributed by atoms with Gasteiger partial charge >= 0.3 is 0 Å². The summed E-state index contributed by atoms with van der Waals surface area (Å²) in [5.41, 5.74) is 1.82. The summed E-state index contributed by atoms with van der Waals surface area (Å²) in [5, 5.41) is 6.51. The van der Waals surface area contributed by atoms with E-state index in [0.717, 1.165) is 5.56 Å². The van der Waals surface area contributed by atoms with E-state index < -0.39 is 9.84 Å². The molecule has 0 spiro atoms. The van der Waals surface area contributed by atoms with Crippen molar-refractivity contribution < 1.29 is 13.2 Å². The Kier molecular flexibility index (Phi) is 5.24. The number of pyridine rings is 1. The second-order valence-corrected chi connectivity index (χ2v) is 8.59. The number of carbonyl (C=O) groups is 1. The van der Waals surface area contributed by atoms with Crippen molar-refractivity contribution in [2.24, 2.45) is 0 Å². The highest BCUT2D eigenvalue weighted by atomic mass is 35.5. The molecule has 2 heterocycles. The van der Waals surface area contributed by atoms with E-state index in [9.17, 15) is 13.2 Å². The Balaban J connectivity index is 1.56. The number of halogens is 1. The van der Waals surface area contributed by atoms with Crippen LogP contribution in [-0.4, -0.2) is 36.9 Å². The molecule has 1 fully saturated rings. The van der Waals surface area contributed by atoms with Gasteiger partial charge in [0.15, 0.2) is 9.84 Å². The van der Waals surface area contributed by atoms with Crippen LogP contribution in [0.2, 0.25) is 5.02 Å². The van der Waals surface area contributed by atoms with Crippen molar-refractivity contribution in [2.45, 2.75) is 19.0 Å². The zero-order chi connectivity index (χ0) is 17.9. The summed E-state index contributed by atoms with van der Waals surface area (Å²) in [6.07, 6.45) is 2.12. The highest BCUT2D eigenvalue weighted by Gasteiger charge is 2.27. The third-order valence-electron chi connectivity index (χ3n) is 4.00. The van der Waals surface area contributed by atoms with Crippen LogP contribution in [0.15, 0.2) is 42.6 Å². The summed E-state index contributed by atoms with van der Waals surface area (Å²) >= 11 is 6.06. The van der Waals surface area contributed by atoms with Crippen molar-refractivity contribution >= 4 is 33.0 Å². The molecule has 6 nitrogen and oxygen atoms in total. The lowest BCUT2D eigenvalue weighted by Gasteiger charge is -2.12. The van der Waals surface area contributed by atoms with Crippen LogP contribution in [0.5, 0.6) is 0 Å². The number of amides is 1. The number of benzene rings is 1. The molecule has 1 atom stereocenters. The number of anilines is 1.